The highest BCUT2D eigenvalue weighted by molar-refractivity contribution is 9.10. The van der Waals surface area contributed by atoms with Crippen LogP contribution in [-0.2, 0) is 12.8 Å². The van der Waals surface area contributed by atoms with Gasteiger partial charge in [0, 0.05) is 17.1 Å². The molecule has 2 heterocycles. The maximum absolute atomic E-state index is 5.24. The molecular weight excluding hydrogens is 318 g/mol. The Bertz CT molecular complexity index is 739. The molecule has 5 heteroatoms. The fourth-order valence-electron chi connectivity index (χ4n) is 2.17. The van der Waals surface area contributed by atoms with Gasteiger partial charge in [0.2, 0.25) is 0 Å². The maximum Gasteiger partial charge on any atom is 0.160 e. The number of pyridine rings is 1. The Morgan fingerprint density at radius 1 is 1.15 bits per heavy atom. The smallest absolute Gasteiger partial charge is 0.160 e. The molecule has 3 aromatic rings. The van der Waals surface area contributed by atoms with Gasteiger partial charge in [0.05, 0.1) is 7.11 Å². The van der Waals surface area contributed by atoms with E-state index in [0.29, 0.717) is 0 Å². The van der Waals surface area contributed by atoms with Crippen LogP contribution in [0.1, 0.15) is 11.4 Å². The average Bonchev–Trinajstić information content (AvgIpc) is 2.87. The number of hydrogen-bond donors (Lipinski definition) is 0. The van der Waals surface area contributed by atoms with Gasteiger partial charge in [-0.2, -0.15) is 0 Å². The molecule has 0 radical (unpaired) electrons. The molecule has 0 aliphatic heterocycles. The van der Waals surface area contributed by atoms with Crippen molar-refractivity contribution in [3.05, 3.63) is 58.5 Å². The molecule has 20 heavy (non-hydrogen) atoms. The van der Waals surface area contributed by atoms with Gasteiger partial charge in [-0.3, -0.25) is 4.40 Å². The molecular formula is C15H14BrN3O. The van der Waals surface area contributed by atoms with E-state index >= 15 is 0 Å². The second-order valence-corrected chi connectivity index (χ2v) is 5.46. The zero-order valence-corrected chi connectivity index (χ0v) is 12.7. The van der Waals surface area contributed by atoms with Crippen LogP contribution in [-0.4, -0.2) is 21.7 Å². The lowest BCUT2D eigenvalue weighted by Crippen LogP contribution is -1.98. The summed E-state index contributed by atoms with van der Waals surface area (Å²) in [5, 5.41) is 8.43. The lowest BCUT2D eigenvalue weighted by molar-refractivity contribution is 0.414. The maximum atomic E-state index is 5.24. The summed E-state index contributed by atoms with van der Waals surface area (Å²) >= 11 is 3.47. The van der Waals surface area contributed by atoms with Gasteiger partial charge in [0.15, 0.2) is 5.65 Å². The normalized spacial score (nSPS) is 10.9. The van der Waals surface area contributed by atoms with E-state index in [1.807, 2.05) is 34.9 Å². The molecule has 0 saturated heterocycles. The van der Waals surface area contributed by atoms with Crippen LogP contribution < -0.4 is 4.74 Å². The minimum atomic E-state index is 0.838. The van der Waals surface area contributed by atoms with Gasteiger partial charge in [-0.15, -0.1) is 10.2 Å². The Kier molecular flexibility index (Phi) is 3.69. The van der Waals surface area contributed by atoms with Crippen LogP contribution in [0.4, 0.5) is 0 Å². The quantitative estimate of drug-likeness (QED) is 0.736. The van der Waals surface area contributed by atoms with E-state index in [1.54, 1.807) is 7.11 Å². The third-order valence-corrected chi connectivity index (χ3v) is 3.68. The number of aromatic nitrogens is 3. The Morgan fingerprint density at radius 3 is 2.90 bits per heavy atom. The van der Waals surface area contributed by atoms with Crippen molar-refractivity contribution in [1.82, 2.24) is 14.6 Å². The number of aryl methyl sites for hydroxylation is 2. The summed E-state index contributed by atoms with van der Waals surface area (Å²) in [6, 6.07) is 12.0. The highest BCUT2D eigenvalue weighted by Crippen LogP contribution is 2.16. The summed E-state index contributed by atoms with van der Waals surface area (Å²) < 4.78 is 8.28. The second-order valence-electron chi connectivity index (χ2n) is 4.54. The van der Waals surface area contributed by atoms with Crippen LogP contribution in [0.3, 0.4) is 0 Å². The van der Waals surface area contributed by atoms with Crippen molar-refractivity contribution in [2.75, 3.05) is 7.11 Å². The van der Waals surface area contributed by atoms with Gasteiger partial charge in [0.1, 0.15) is 11.6 Å². The Balaban J connectivity index is 1.81. The summed E-state index contributed by atoms with van der Waals surface area (Å²) in [7, 11) is 1.68. The number of fused-ring (bicyclic) bond motifs is 1. The van der Waals surface area contributed by atoms with Gasteiger partial charge in [-0.25, -0.2) is 0 Å². The molecule has 0 unspecified atom stereocenters. The first-order valence-electron chi connectivity index (χ1n) is 6.38. The predicted molar refractivity (Wildman–Crippen MR) is 81.1 cm³/mol. The largest absolute Gasteiger partial charge is 0.497 e. The number of ether oxygens (including phenoxy) is 1. The third kappa shape index (κ3) is 2.67. The molecule has 0 atom stereocenters. The van der Waals surface area contributed by atoms with Crippen LogP contribution in [0, 0.1) is 0 Å². The van der Waals surface area contributed by atoms with Gasteiger partial charge in [-0.1, -0.05) is 12.1 Å². The summed E-state index contributed by atoms with van der Waals surface area (Å²) in [5.74, 6) is 1.85. The highest BCUT2D eigenvalue weighted by Gasteiger charge is 2.06. The number of rotatable bonds is 4. The molecule has 0 bridgehead atoms. The van der Waals surface area contributed by atoms with Crippen LogP contribution in [0.2, 0.25) is 0 Å². The van der Waals surface area contributed by atoms with Gasteiger partial charge in [-0.05, 0) is 52.2 Å². The van der Waals surface area contributed by atoms with Gasteiger partial charge >= 0.3 is 0 Å². The zero-order valence-electron chi connectivity index (χ0n) is 11.1. The summed E-state index contributed by atoms with van der Waals surface area (Å²) in [6.07, 6.45) is 3.74. The summed E-state index contributed by atoms with van der Waals surface area (Å²) in [4.78, 5) is 0. The molecule has 2 aromatic heterocycles. The fraction of sp³-hybridized carbons (Fsp3) is 0.200. The Labute approximate surface area is 125 Å². The van der Waals surface area contributed by atoms with E-state index in [1.165, 1.54) is 5.56 Å². The minimum Gasteiger partial charge on any atom is -0.497 e. The number of nitrogens with zero attached hydrogens (tertiary/aromatic N) is 3. The average molecular weight is 332 g/mol. The Morgan fingerprint density at radius 2 is 2.05 bits per heavy atom. The lowest BCUT2D eigenvalue weighted by atomic mass is 10.1. The SMILES string of the molecule is COc1cccc(CCc2nnc3ccc(Br)cn23)c1. The standard InChI is InChI=1S/C15H14BrN3O/c1-20-13-4-2-3-11(9-13)5-7-14-17-18-15-8-6-12(16)10-19(14)15/h2-4,6,8-10H,5,7H2,1H3. The summed E-state index contributed by atoms with van der Waals surface area (Å²) in [5.41, 5.74) is 2.10. The molecule has 0 spiro atoms. The number of benzene rings is 1. The first kappa shape index (κ1) is 13.1. The molecule has 0 N–H and O–H groups in total. The molecule has 0 aliphatic carbocycles. The highest BCUT2D eigenvalue weighted by atomic mass is 79.9. The van der Waals surface area contributed by atoms with Gasteiger partial charge < -0.3 is 4.74 Å². The minimum absolute atomic E-state index is 0.838. The van der Waals surface area contributed by atoms with Crippen LogP contribution >= 0.6 is 15.9 Å². The summed E-state index contributed by atoms with van der Waals surface area (Å²) in [6.45, 7) is 0. The number of halogens is 1. The van der Waals surface area contributed by atoms with E-state index in [0.717, 1.165) is 34.5 Å². The van der Waals surface area contributed by atoms with E-state index in [-0.39, 0.29) is 0 Å². The second kappa shape index (κ2) is 5.63. The lowest BCUT2D eigenvalue weighted by Gasteiger charge is -2.04. The molecule has 1 aromatic carbocycles. The fourth-order valence-corrected chi connectivity index (χ4v) is 2.50. The van der Waals surface area contributed by atoms with Crippen molar-refractivity contribution in [1.29, 1.82) is 0 Å². The van der Waals surface area contributed by atoms with E-state index in [2.05, 4.69) is 38.3 Å². The third-order valence-electron chi connectivity index (χ3n) is 3.21. The monoisotopic (exact) mass is 331 g/mol. The molecule has 4 nitrogen and oxygen atoms in total. The number of methoxy groups -OCH3 is 1. The Hall–Kier alpha value is -1.88. The predicted octanol–water partition coefficient (Wildman–Crippen LogP) is 3.29. The zero-order chi connectivity index (χ0) is 13.9. The molecule has 0 amide bonds. The van der Waals surface area contributed by atoms with E-state index in [4.69, 9.17) is 4.74 Å². The van der Waals surface area contributed by atoms with Crippen molar-refractivity contribution < 1.29 is 4.74 Å². The number of hydrogen-bond acceptors (Lipinski definition) is 3. The first-order valence-corrected chi connectivity index (χ1v) is 7.17. The molecule has 0 aliphatic rings. The molecule has 102 valence electrons. The van der Waals surface area contributed by atoms with Crippen molar-refractivity contribution in [2.24, 2.45) is 0 Å². The first-order chi connectivity index (χ1) is 9.76. The van der Waals surface area contributed by atoms with Gasteiger partial charge in [0.25, 0.3) is 0 Å². The van der Waals surface area contributed by atoms with Crippen LogP contribution in [0.15, 0.2) is 47.1 Å². The van der Waals surface area contributed by atoms with Crippen molar-refractivity contribution in [3.63, 3.8) is 0 Å². The molecule has 0 saturated carbocycles. The molecule has 0 fully saturated rings. The molecule has 3 rings (SSSR count). The van der Waals surface area contributed by atoms with Crippen LogP contribution in [0.25, 0.3) is 5.65 Å². The van der Waals surface area contributed by atoms with Crippen LogP contribution in [0.5, 0.6) is 5.75 Å². The van der Waals surface area contributed by atoms with Crippen molar-refractivity contribution in [3.8, 4) is 5.75 Å². The van der Waals surface area contributed by atoms with Crippen molar-refractivity contribution >= 4 is 21.6 Å². The topological polar surface area (TPSA) is 39.4 Å². The van der Waals surface area contributed by atoms with E-state index in [9.17, 15) is 0 Å². The van der Waals surface area contributed by atoms with E-state index < -0.39 is 0 Å². The van der Waals surface area contributed by atoms with Crippen molar-refractivity contribution in [2.45, 2.75) is 12.8 Å².